The summed E-state index contributed by atoms with van der Waals surface area (Å²) in [5.74, 6) is 1.56. The molecule has 35 heavy (non-hydrogen) atoms. The molecule has 3 heterocycles. The largest absolute Gasteiger partial charge is 0.497 e. The molecule has 0 aromatic heterocycles. The smallest absolute Gasteiger partial charge is 0.123 e. The summed E-state index contributed by atoms with van der Waals surface area (Å²) in [6.45, 7) is 4.77. The van der Waals surface area contributed by atoms with Crippen LogP contribution in [0.3, 0.4) is 0 Å². The van der Waals surface area contributed by atoms with Crippen LogP contribution in [0.1, 0.15) is 29.2 Å². The third-order valence-corrected chi connectivity index (χ3v) is 7.75. The highest BCUT2D eigenvalue weighted by Crippen LogP contribution is 2.40. The van der Waals surface area contributed by atoms with Crippen LogP contribution in [0, 0.1) is 5.82 Å². The van der Waals surface area contributed by atoms with Gasteiger partial charge in [0.05, 0.1) is 13.2 Å². The first kappa shape index (κ1) is 22.4. The molecule has 6 rings (SSSR count). The van der Waals surface area contributed by atoms with Crippen molar-refractivity contribution < 1.29 is 13.9 Å². The number of halogens is 1. The number of hydrogen-bond donors (Lipinski definition) is 1. The van der Waals surface area contributed by atoms with Crippen LogP contribution < -0.4 is 19.7 Å². The van der Waals surface area contributed by atoms with Crippen LogP contribution in [0.5, 0.6) is 11.5 Å². The standard InChI is InChI=1S/C29H32FN3O2/c1-34-27-10-11-28-21(16-27)12-13-33(24-6-4-22(30)5-7-24)29(28)20-2-8-26(9-3-20)35-15-14-32-19-23-17-25(32)18-31-23/h2-11,16,23,25,29,31H,12-15,17-19H2,1H3/t23-,25-,29?/m1/s1. The second-order valence-corrected chi connectivity index (χ2v) is 9.79. The Kier molecular flexibility index (Phi) is 6.08. The van der Waals surface area contributed by atoms with E-state index in [-0.39, 0.29) is 11.9 Å². The second kappa shape index (κ2) is 9.51. The van der Waals surface area contributed by atoms with E-state index in [1.54, 1.807) is 7.11 Å². The SMILES string of the molecule is COc1ccc2c(c1)CCN(c1ccc(F)cc1)C2c1ccc(OCCN2C[C@H]3C[C@@H]2CN3)cc1. The lowest BCUT2D eigenvalue weighted by molar-refractivity contribution is 0.180. The number of hydrogen-bond acceptors (Lipinski definition) is 5. The van der Waals surface area contributed by atoms with Crippen LogP contribution in [0.25, 0.3) is 0 Å². The average molecular weight is 474 g/mol. The van der Waals surface area contributed by atoms with Gasteiger partial charge in [0.2, 0.25) is 0 Å². The van der Waals surface area contributed by atoms with Crippen molar-refractivity contribution >= 4 is 5.69 Å². The van der Waals surface area contributed by atoms with Crippen LogP contribution in [0.2, 0.25) is 0 Å². The molecule has 0 saturated carbocycles. The minimum Gasteiger partial charge on any atom is -0.497 e. The van der Waals surface area contributed by atoms with Crippen molar-refractivity contribution in [2.75, 3.05) is 44.8 Å². The number of anilines is 1. The van der Waals surface area contributed by atoms with Gasteiger partial charge >= 0.3 is 0 Å². The Morgan fingerprint density at radius 1 is 1.00 bits per heavy atom. The van der Waals surface area contributed by atoms with Gasteiger partial charge in [-0.1, -0.05) is 18.2 Å². The number of fused-ring (bicyclic) bond motifs is 3. The highest BCUT2D eigenvalue weighted by Gasteiger charge is 2.37. The predicted molar refractivity (Wildman–Crippen MR) is 136 cm³/mol. The third kappa shape index (κ3) is 4.48. The lowest BCUT2D eigenvalue weighted by Gasteiger charge is -2.39. The van der Waals surface area contributed by atoms with E-state index in [2.05, 4.69) is 51.5 Å². The molecular weight excluding hydrogens is 441 g/mol. The lowest BCUT2D eigenvalue weighted by Crippen LogP contribution is -2.45. The molecule has 0 amide bonds. The van der Waals surface area contributed by atoms with Crippen molar-refractivity contribution in [3.05, 3.63) is 89.2 Å². The van der Waals surface area contributed by atoms with E-state index in [1.807, 2.05) is 18.2 Å². The summed E-state index contributed by atoms with van der Waals surface area (Å²) in [6.07, 6.45) is 2.18. The summed E-state index contributed by atoms with van der Waals surface area (Å²) in [4.78, 5) is 4.91. The van der Waals surface area contributed by atoms with Gasteiger partial charge in [-0.05, 0) is 78.1 Å². The third-order valence-electron chi connectivity index (χ3n) is 7.75. The fourth-order valence-corrected chi connectivity index (χ4v) is 5.95. The minimum atomic E-state index is -0.216. The molecule has 182 valence electrons. The van der Waals surface area contributed by atoms with Crippen LogP contribution in [-0.4, -0.2) is 56.9 Å². The molecule has 2 bridgehead atoms. The number of likely N-dealkylation sites (tertiary alicyclic amines) is 1. The van der Waals surface area contributed by atoms with Crippen LogP contribution in [0.4, 0.5) is 10.1 Å². The number of piperazine rings is 1. The summed E-state index contributed by atoms with van der Waals surface area (Å²) in [5.41, 5.74) is 4.76. The molecule has 0 aliphatic carbocycles. The van der Waals surface area contributed by atoms with E-state index < -0.39 is 0 Å². The highest BCUT2D eigenvalue weighted by atomic mass is 19.1. The quantitative estimate of drug-likeness (QED) is 0.550. The van der Waals surface area contributed by atoms with Crippen LogP contribution in [0.15, 0.2) is 66.7 Å². The zero-order valence-corrected chi connectivity index (χ0v) is 20.1. The summed E-state index contributed by atoms with van der Waals surface area (Å²) < 4.78 is 25.2. The fourth-order valence-electron chi connectivity index (χ4n) is 5.95. The first-order valence-electron chi connectivity index (χ1n) is 12.6. The molecule has 5 nitrogen and oxygen atoms in total. The van der Waals surface area contributed by atoms with Crippen molar-refractivity contribution in [3.8, 4) is 11.5 Å². The van der Waals surface area contributed by atoms with Gasteiger partial charge in [-0.15, -0.1) is 0 Å². The molecule has 3 atom stereocenters. The average Bonchev–Trinajstić information content (AvgIpc) is 3.52. The number of ether oxygens (including phenoxy) is 2. The highest BCUT2D eigenvalue weighted by molar-refractivity contribution is 5.57. The van der Waals surface area contributed by atoms with Crippen molar-refractivity contribution in [3.63, 3.8) is 0 Å². The maximum absolute atomic E-state index is 13.6. The van der Waals surface area contributed by atoms with Crippen LogP contribution in [-0.2, 0) is 6.42 Å². The van der Waals surface area contributed by atoms with E-state index >= 15 is 0 Å². The Labute approximate surface area is 206 Å². The zero-order chi connectivity index (χ0) is 23.8. The van der Waals surface area contributed by atoms with Crippen LogP contribution >= 0.6 is 0 Å². The van der Waals surface area contributed by atoms with Gasteiger partial charge in [-0.3, -0.25) is 4.90 Å². The maximum atomic E-state index is 13.6. The molecule has 6 heteroatoms. The Hall–Kier alpha value is -3.09. The van der Waals surface area contributed by atoms with Gasteiger partial charge in [-0.25, -0.2) is 4.39 Å². The molecule has 3 aromatic rings. The van der Waals surface area contributed by atoms with Gasteiger partial charge < -0.3 is 19.7 Å². The molecule has 3 aliphatic rings. The number of methoxy groups -OCH3 is 1. The van der Waals surface area contributed by atoms with Gasteiger partial charge in [0.1, 0.15) is 23.9 Å². The summed E-state index contributed by atoms with van der Waals surface area (Å²) >= 11 is 0. The summed E-state index contributed by atoms with van der Waals surface area (Å²) in [7, 11) is 1.71. The topological polar surface area (TPSA) is 37.0 Å². The van der Waals surface area contributed by atoms with Crippen molar-refractivity contribution in [1.29, 1.82) is 0 Å². The van der Waals surface area contributed by atoms with E-state index in [0.717, 1.165) is 49.8 Å². The van der Waals surface area contributed by atoms with Crippen molar-refractivity contribution in [2.45, 2.75) is 31.0 Å². The molecule has 0 spiro atoms. The number of rotatable bonds is 7. The van der Waals surface area contributed by atoms with Crippen molar-refractivity contribution in [2.24, 2.45) is 0 Å². The van der Waals surface area contributed by atoms with Gasteiger partial charge in [0.15, 0.2) is 0 Å². The summed E-state index contributed by atoms with van der Waals surface area (Å²) in [6, 6.07) is 23.0. The Balaban J connectivity index is 1.22. The lowest BCUT2D eigenvalue weighted by atomic mass is 9.87. The van der Waals surface area contributed by atoms with Gasteiger partial charge in [0.25, 0.3) is 0 Å². The predicted octanol–water partition coefficient (Wildman–Crippen LogP) is 4.41. The molecule has 0 radical (unpaired) electrons. The molecule has 3 aromatic carbocycles. The molecule has 1 N–H and O–H groups in total. The van der Waals surface area contributed by atoms with E-state index in [9.17, 15) is 4.39 Å². The van der Waals surface area contributed by atoms with Gasteiger partial charge in [0, 0.05) is 44.0 Å². The molecule has 2 fully saturated rings. The van der Waals surface area contributed by atoms with Gasteiger partial charge in [-0.2, -0.15) is 0 Å². The van der Waals surface area contributed by atoms with E-state index in [1.165, 1.54) is 35.2 Å². The van der Waals surface area contributed by atoms with E-state index in [4.69, 9.17) is 9.47 Å². The zero-order valence-electron chi connectivity index (χ0n) is 20.1. The Morgan fingerprint density at radius 3 is 2.51 bits per heavy atom. The molecule has 3 aliphatic heterocycles. The second-order valence-electron chi connectivity index (χ2n) is 9.79. The van der Waals surface area contributed by atoms with Crippen molar-refractivity contribution in [1.82, 2.24) is 10.2 Å². The monoisotopic (exact) mass is 473 g/mol. The maximum Gasteiger partial charge on any atom is 0.123 e. The Morgan fingerprint density at radius 2 is 1.80 bits per heavy atom. The first-order valence-corrected chi connectivity index (χ1v) is 12.6. The number of benzene rings is 3. The number of nitrogens with one attached hydrogen (secondary N) is 1. The normalized spacial score (nSPS) is 23.4. The number of nitrogens with zero attached hydrogens (tertiary/aromatic N) is 2. The summed E-state index contributed by atoms with van der Waals surface area (Å²) in [5, 5.41) is 3.55. The molecular formula is C29H32FN3O2. The molecule has 1 unspecified atom stereocenters. The molecule has 2 saturated heterocycles. The van der Waals surface area contributed by atoms with E-state index in [0.29, 0.717) is 18.7 Å². The Bertz CT molecular complexity index is 1170. The fraction of sp³-hybridized carbons (Fsp3) is 0.379. The minimum absolute atomic E-state index is 0.0387. The first-order chi connectivity index (χ1) is 17.2.